The number of rotatable bonds is 8. The van der Waals surface area contributed by atoms with E-state index in [0.717, 1.165) is 6.07 Å². The average molecular weight is 395 g/mol. The van der Waals surface area contributed by atoms with Gasteiger partial charge < -0.3 is 30.7 Å². The molecule has 1 rings (SSSR count). The topological polar surface area (TPSA) is 163 Å². The summed E-state index contributed by atoms with van der Waals surface area (Å²) in [5.74, 6) is -4.83. The quantitative estimate of drug-likeness (QED) is 0.199. The van der Waals surface area contributed by atoms with Gasteiger partial charge >= 0.3 is 109 Å². The number of aliphatic carboxylic acids is 1. The summed E-state index contributed by atoms with van der Waals surface area (Å²) in [5, 5.41) is 24.0. The first-order chi connectivity index (χ1) is 10.9. The van der Waals surface area contributed by atoms with Crippen molar-refractivity contribution in [1.29, 1.82) is 0 Å². The van der Waals surface area contributed by atoms with Crippen molar-refractivity contribution in [1.82, 2.24) is 5.32 Å². The van der Waals surface area contributed by atoms with E-state index in [1.165, 1.54) is 18.2 Å². The van der Waals surface area contributed by atoms with E-state index in [4.69, 9.17) is 5.53 Å². The van der Waals surface area contributed by atoms with Crippen LogP contribution in [0.4, 0.5) is 0 Å². The van der Waals surface area contributed by atoms with Crippen molar-refractivity contribution in [3.63, 3.8) is 0 Å². The monoisotopic (exact) mass is 395 g/mol. The fraction of sp³-hybridized carbons (Fsp3) is 0.214. The number of aromatic carboxylic acids is 1. The number of carbonyl (C=O) groups excluding carboxylic acids is 4. The summed E-state index contributed by atoms with van der Waals surface area (Å²) in [6, 6.07) is 3.59. The van der Waals surface area contributed by atoms with Crippen molar-refractivity contribution in [2.45, 2.75) is 18.9 Å². The predicted octanol–water partition coefficient (Wildman–Crippen LogP) is -8.44. The molecular weight excluding hydrogens is 384 g/mol. The molecule has 11 heteroatoms. The molecule has 0 unspecified atom stereocenters. The van der Waals surface area contributed by atoms with E-state index in [1.807, 2.05) is 0 Å². The number of nitrogens with zero attached hydrogens (tertiary/aromatic N) is 2. The second kappa shape index (κ2) is 14.1. The summed E-state index contributed by atoms with van der Waals surface area (Å²) < 4.78 is 0. The van der Waals surface area contributed by atoms with Crippen LogP contribution < -0.4 is 118 Å². The standard InChI is InChI=1S/C14H13N3O6.2K/c15-16-7-8(18)5-6-11(14(22)23)17-12(19)9-3-1-2-4-10(9)13(20)21;;/h1-4,7,11H,5-6H2,(H,17,19)(H,20,21)(H,22,23);;/q;2*+1/p-2/t11-;;/m0../s1. The Kier molecular flexibility index (Phi) is 15.3. The zero-order valence-electron chi connectivity index (χ0n) is 13.7. The Bertz CT molecular complexity index is 704. The summed E-state index contributed by atoms with van der Waals surface area (Å²) in [6.07, 6.45) is -0.0307. The summed E-state index contributed by atoms with van der Waals surface area (Å²) in [4.78, 5) is 47.6. The summed E-state index contributed by atoms with van der Waals surface area (Å²) in [7, 11) is 0. The third kappa shape index (κ3) is 9.45. The van der Waals surface area contributed by atoms with Crippen LogP contribution in [0.25, 0.3) is 5.53 Å². The number of carbonyl (C=O) groups is 4. The number of carboxylic acid groups (broad SMARTS) is 2. The minimum atomic E-state index is -1.64. The first kappa shape index (κ1) is 27.2. The molecule has 120 valence electrons. The van der Waals surface area contributed by atoms with Gasteiger partial charge in [0.15, 0.2) is 0 Å². The molecule has 0 bridgehead atoms. The van der Waals surface area contributed by atoms with E-state index in [1.54, 1.807) is 0 Å². The van der Waals surface area contributed by atoms with Crippen LogP contribution in [0.1, 0.15) is 33.6 Å². The fourth-order valence-electron chi connectivity index (χ4n) is 1.76. The zero-order valence-corrected chi connectivity index (χ0v) is 20.0. The van der Waals surface area contributed by atoms with Crippen LogP contribution in [-0.2, 0) is 9.59 Å². The van der Waals surface area contributed by atoms with Gasteiger partial charge in [0.1, 0.15) is 0 Å². The molecule has 0 radical (unpaired) electrons. The Hall–Kier alpha value is -0.0473. The molecule has 9 nitrogen and oxygen atoms in total. The molecule has 0 aromatic heterocycles. The number of benzene rings is 1. The van der Waals surface area contributed by atoms with E-state index < -0.39 is 35.2 Å². The van der Waals surface area contributed by atoms with E-state index in [0.29, 0.717) is 6.21 Å². The van der Waals surface area contributed by atoms with Gasteiger partial charge in [-0.2, -0.15) is 4.79 Å². The summed E-state index contributed by atoms with van der Waals surface area (Å²) >= 11 is 0. The first-order valence-electron chi connectivity index (χ1n) is 6.39. The Morgan fingerprint density at radius 3 is 2.16 bits per heavy atom. The number of Topliss-reactive ketones (excluding diaryl/α,β-unsaturated/α-hetero) is 1. The van der Waals surface area contributed by atoms with Gasteiger partial charge in [-0.15, -0.1) is 0 Å². The molecule has 1 aromatic carbocycles. The molecule has 25 heavy (non-hydrogen) atoms. The summed E-state index contributed by atoms with van der Waals surface area (Å²) in [5.41, 5.74) is 7.50. The number of hydrogen-bond acceptors (Lipinski definition) is 6. The second-order valence-corrected chi connectivity index (χ2v) is 4.43. The van der Waals surface area contributed by atoms with E-state index in [2.05, 4.69) is 10.1 Å². The average Bonchev–Trinajstić information content (AvgIpc) is 2.51. The molecule has 0 spiro atoms. The molecule has 1 amide bonds. The van der Waals surface area contributed by atoms with Gasteiger partial charge in [0, 0.05) is 17.5 Å². The fourth-order valence-corrected chi connectivity index (χ4v) is 1.76. The Balaban J connectivity index is 0. The molecule has 1 atom stereocenters. The van der Waals surface area contributed by atoms with Gasteiger partial charge in [0.05, 0.1) is 18.0 Å². The molecule has 0 saturated heterocycles. The largest absolute Gasteiger partial charge is 1.00 e. The van der Waals surface area contributed by atoms with Crippen LogP contribution in [0.2, 0.25) is 0 Å². The molecule has 1 N–H and O–H groups in total. The Labute approximate surface area is 228 Å². The maximum atomic E-state index is 12.0. The molecule has 0 heterocycles. The maximum Gasteiger partial charge on any atom is 1.00 e. The zero-order chi connectivity index (χ0) is 17.4. The van der Waals surface area contributed by atoms with E-state index in [9.17, 15) is 29.4 Å². The van der Waals surface area contributed by atoms with Crippen molar-refractivity contribution in [3.05, 3.63) is 40.9 Å². The van der Waals surface area contributed by atoms with Crippen molar-refractivity contribution < 1.29 is 137 Å². The molecule has 0 aliphatic rings. The SMILES string of the molecule is [K+].[K+].[N-]=[N+]=CC(=O)CC[C@H](NC(=O)c1ccccc1C(=O)[O-])C(=O)[O-]. The van der Waals surface area contributed by atoms with Crippen molar-refractivity contribution in [3.8, 4) is 0 Å². The molecule has 1 aromatic rings. The third-order valence-electron chi connectivity index (χ3n) is 2.86. The molecular formula is C14H11K2N3O6. The number of carboxylic acids is 2. The van der Waals surface area contributed by atoms with Gasteiger partial charge in [0.25, 0.3) is 5.91 Å². The molecule has 0 aliphatic heterocycles. The predicted molar refractivity (Wildman–Crippen MR) is 71.0 cm³/mol. The van der Waals surface area contributed by atoms with Crippen LogP contribution in [0.3, 0.4) is 0 Å². The Morgan fingerprint density at radius 1 is 1.12 bits per heavy atom. The van der Waals surface area contributed by atoms with Crippen LogP contribution in [0.5, 0.6) is 0 Å². The smallest absolute Gasteiger partial charge is 0.548 e. The van der Waals surface area contributed by atoms with Crippen LogP contribution >= 0.6 is 0 Å². The maximum absolute atomic E-state index is 12.0. The minimum Gasteiger partial charge on any atom is -0.548 e. The first-order valence-corrected chi connectivity index (χ1v) is 6.39. The van der Waals surface area contributed by atoms with Gasteiger partial charge in [0.2, 0.25) is 5.78 Å². The van der Waals surface area contributed by atoms with E-state index >= 15 is 0 Å². The van der Waals surface area contributed by atoms with Crippen molar-refractivity contribution >= 4 is 29.8 Å². The van der Waals surface area contributed by atoms with Gasteiger partial charge in [-0.1, -0.05) is 18.2 Å². The van der Waals surface area contributed by atoms with Gasteiger partial charge in [-0.25, -0.2) is 0 Å². The van der Waals surface area contributed by atoms with Crippen molar-refractivity contribution in [2.24, 2.45) is 0 Å². The number of amides is 1. The van der Waals surface area contributed by atoms with Crippen LogP contribution in [0, 0.1) is 0 Å². The molecule has 0 fully saturated rings. The van der Waals surface area contributed by atoms with Crippen LogP contribution in [0.15, 0.2) is 24.3 Å². The normalized spacial score (nSPS) is 10.1. The number of nitrogens with one attached hydrogen (secondary N) is 1. The Morgan fingerprint density at radius 2 is 1.68 bits per heavy atom. The summed E-state index contributed by atoms with van der Waals surface area (Å²) in [6.45, 7) is 0. The number of hydrogen-bond donors (Lipinski definition) is 1. The third-order valence-corrected chi connectivity index (χ3v) is 2.86. The molecule has 0 aliphatic carbocycles. The van der Waals surface area contributed by atoms with E-state index in [-0.39, 0.29) is 121 Å². The second-order valence-electron chi connectivity index (χ2n) is 4.43. The molecule has 0 saturated carbocycles. The van der Waals surface area contributed by atoms with Gasteiger partial charge in [-0.05, 0) is 12.5 Å². The van der Waals surface area contributed by atoms with Gasteiger partial charge in [-0.3, -0.25) is 9.59 Å². The minimum absolute atomic E-state index is 0. The van der Waals surface area contributed by atoms with Crippen LogP contribution in [-0.4, -0.2) is 40.7 Å². The number of ketones is 1. The van der Waals surface area contributed by atoms with Crippen molar-refractivity contribution in [2.75, 3.05) is 0 Å².